The van der Waals surface area contributed by atoms with Crippen molar-refractivity contribution in [2.24, 2.45) is 5.92 Å². The van der Waals surface area contributed by atoms with Gasteiger partial charge in [0.1, 0.15) is 5.69 Å². The quantitative estimate of drug-likeness (QED) is 0.922. The smallest absolute Gasteiger partial charge is 0.274 e. The van der Waals surface area contributed by atoms with Crippen molar-refractivity contribution in [1.29, 1.82) is 0 Å². The first-order valence-electron chi connectivity index (χ1n) is 8.46. The first-order valence-corrected chi connectivity index (χ1v) is 8.46. The molecule has 0 aromatic carbocycles. The van der Waals surface area contributed by atoms with Gasteiger partial charge < -0.3 is 4.90 Å². The number of aromatic amines is 1. The first-order chi connectivity index (χ1) is 11.1. The summed E-state index contributed by atoms with van der Waals surface area (Å²) >= 11 is 0. The molecule has 1 aliphatic heterocycles. The maximum atomic E-state index is 12.9. The van der Waals surface area contributed by atoms with E-state index in [1.165, 1.54) is 0 Å². The lowest BCUT2D eigenvalue weighted by atomic mass is 10.0. The summed E-state index contributed by atoms with van der Waals surface area (Å²) in [5, 5.41) is 11.5. The Hall–Kier alpha value is -2.11. The number of H-pyrrole nitrogens is 1. The molecule has 2 aromatic rings. The highest BCUT2D eigenvalue weighted by molar-refractivity contribution is 5.92. The third-order valence-electron chi connectivity index (χ3n) is 4.32. The van der Waals surface area contributed by atoms with E-state index >= 15 is 0 Å². The van der Waals surface area contributed by atoms with Gasteiger partial charge in [-0.25, -0.2) is 0 Å². The Labute approximate surface area is 136 Å². The highest BCUT2D eigenvalue weighted by atomic mass is 16.2. The van der Waals surface area contributed by atoms with Crippen LogP contribution in [0.5, 0.6) is 0 Å². The Balaban J connectivity index is 1.71. The lowest BCUT2D eigenvalue weighted by molar-refractivity contribution is 0.0578. The first kappa shape index (κ1) is 15.8. The average Bonchev–Trinajstić information content (AvgIpc) is 3.18. The molecule has 0 radical (unpaired) electrons. The summed E-state index contributed by atoms with van der Waals surface area (Å²) in [7, 11) is 0. The number of carbonyl (C=O) groups excluding carboxylic acids is 1. The third kappa shape index (κ3) is 3.81. The highest BCUT2D eigenvalue weighted by Gasteiger charge is 2.29. The molecule has 1 aliphatic rings. The fourth-order valence-corrected chi connectivity index (χ4v) is 3.24. The number of hydrogen-bond acceptors (Lipinski definition) is 3. The van der Waals surface area contributed by atoms with E-state index in [1.54, 1.807) is 6.20 Å². The molecule has 1 amide bonds. The number of nitrogens with one attached hydrogen (secondary N) is 1. The summed E-state index contributed by atoms with van der Waals surface area (Å²) in [6, 6.07) is 4.02. The number of aromatic nitrogens is 4. The Morgan fingerprint density at radius 3 is 3.04 bits per heavy atom. The Bertz CT molecular complexity index is 631. The predicted molar refractivity (Wildman–Crippen MR) is 88.0 cm³/mol. The Morgan fingerprint density at radius 1 is 1.43 bits per heavy atom. The third-order valence-corrected chi connectivity index (χ3v) is 4.32. The topological polar surface area (TPSA) is 66.8 Å². The van der Waals surface area contributed by atoms with Crippen LogP contribution in [0.3, 0.4) is 0 Å². The second kappa shape index (κ2) is 6.98. The molecule has 23 heavy (non-hydrogen) atoms. The van der Waals surface area contributed by atoms with Crippen LogP contribution in [0.2, 0.25) is 0 Å². The predicted octanol–water partition coefficient (Wildman–Crippen LogP) is 2.50. The van der Waals surface area contributed by atoms with Gasteiger partial charge in [0.25, 0.3) is 5.91 Å². The number of hydrogen-bond donors (Lipinski definition) is 1. The molecule has 1 fully saturated rings. The monoisotopic (exact) mass is 315 g/mol. The molecule has 3 heterocycles. The molecule has 1 atom stereocenters. The lowest BCUT2D eigenvalue weighted by Crippen LogP contribution is -2.46. The number of nitrogens with zero attached hydrogens (tertiary/aromatic N) is 4. The molecule has 124 valence electrons. The summed E-state index contributed by atoms with van der Waals surface area (Å²) in [4.78, 5) is 14.8. The highest BCUT2D eigenvalue weighted by Crippen LogP contribution is 2.21. The van der Waals surface area contributed by atoms with Crippen molar-refractivity contribution < 1.29 is 4.79 Å². The molecule has 6 heteroatoms. The summed E-state index contributed by atoms with van der Waals surface area (Å²) in [5.41, 5.74) is 1.57. The molecule has 1 saturated heterocycles. The molecule has 2 aromatic heterocycles. The summed E-state index contributed by atoms with van der Waals surface area (Å²) in [6.45, 7) is 5.87. The molecule has 0 saturated carbocycles. The average molecular weight is 315 g/mol. The minimum absolute atomic E-state index is 0.0353. The number of rotatable bonds is 5. The van der Waals surface area contributed by atoms with Crippen molar-refractivity contribution >= 4 is 5.91 Å². The molecule has 0 aliphatic carbocycles. The van der Waals surface area contributed by atoms with E-state index in [4.69, 9.17) is 0 Å². The molecule has 6 nitrogen and oxygen atoms in total. The van der Waals surface area contributed by atoms with Crippen molar-refractivity contribution in [3.05, 3.63) is 35.9 Å². The van der Waals surface area contributed by atoms with Crippen molar-refractivity contribution in [2.75, 3.05) is 6.54 Å². The van der Waals surface area contributed by atoms with Gasteiger partial charge in [0.15, 0.2) is 0 Å². The van der Waals surface area contributed by atoms with E-state index in [0.717, 1.165) is 44.5 Å². The molecular formula is C17H25N5O. The molecule has 3 rings (SSSR count). The van der Waals surface area contributed by atoms with Crippen molar-refractivity contribution in [1.82, 2.24) is 24.9 Å². The SMILES string of the molecule is CC(C)Cc1cc(C(=O)N2CCCC[C@@H]2Cn2cccn2)n[nH]1. The Morgan fingerprint density at radius 2 is 2.30 bits per heavy atom. The minimum Gasteiger partial charge on any atom is -0.332 e. The van der Waals surface area contributed by atoms with Crippen LogP contribution in [-0.4, -0.2) is 43.4 Å². The van der Waals surface area contributed by atoms with Gasteiger partial charge in [-0.15, -0.1) is 0 Å². The van der Waals surface area contributed by atoms with E-state index in [2.05, 4.69) is 29.1 Å². The number of likely N-dealkylation sites (tertiary alicyclic amines) is 1. The van der Waals surface area contributed by atoms with E-state index in [9.17, 15) is 4.79 Å². The van der Waals surface area contributed by atoms with Crippen LogP contribution < -0.4 is 0 Å². The van der Waals surface area contributed by atoms with Crippen LogP contribution in [0.25, 0.3) is 0 Å². The van der Waals surface area contributed by atoms with Gasteiger partial charge in [0, 0.05) is 24.6 Å². The maximum Gasteiger partial charge on any atom is 0.274 e. The van der Waals surface area contributed by atoms with E-state index in [0.29, 0.717) is 11.6 Å². The maximum absolute atomic E-state index is 12.9. The zero-order valence-electron chi connectivity index (χ0n) is 13.9. The van der Waals surface area contributed by atoms with Crippen LogP contribution in [0, 0.1) is 5.92 Å². The molecule has 0 bridgehead atoms. The van der Waals surface area contributed by atoms with Gasteiger partial charge in [0.05, 0.1) is 12.6 Å². The van der Waals surface area contributed by atoms with Crippen LogP contribution in [0.4, 0.5) is 0 Å². The number of amides is 1. The van der Waals surface area contributed by atoms with Gasteiger partial charge in [-0.2, -0.15) is 10.2 Å². The molecule has 1 N–H and O–H groups in total. The van der Waals surface area contributed by atoms with E-state index in [-0.39, 0.29) is 11.9 Å². The second-order valence-electron chi connectivity index (χ2n) is 6.75. The minimum atomic E-state index is 0.0353. The molecular weight excluding hydrogens is 290 g/mol. The van der Waals surface area contributed by atoms with E-state index in [1.807, 2.05) is 27.9 Å². The Kier molecular flexibility index (Phi) is 4.79. The van der Waals surface area contributed by atoms with Crippen LogP contribution in [-0.2, 0) is 13.0 Å². The van der Waals surface area contributed by atoms with Crippen molar-refractivity contribution in [3.63, 3.8) is 0 Å². The van der Waals surface area contributed by atoms with Gasteiger partial charge in [0.2, 0.25) is 0 Å². The summed E-state index contributed by atoms with van der Waals surface area (Å²) in [5.74, 6) is 0.578. The van der Waals surface area contributed by atoms with Crippen molar-refractivity contribution in [3.8, 4) is 0 Å². The lowest BCUT2D eigenvalue weighted by Gasteiger charge is -2.35. The van der Waals surface area contributed by atoms with Gasteiger partial charge in [-0.05, 0) is 43.7 Å². The fourth-order valence-electron chi connectivity index (χ4n) is 3.24. The second-order valence-corrected chi connectivity index (χ2v) is 6.75. The normalized spacial score (nSPS) is 18.6. The zero-order valence-corrected chi connectivity index (χ0v) is 13.9. The number of piperidine rings is 1. The molecule has 0 spiro atoms. The summed E-state index contributed by atoms with van der Waals surface area (Å²) < 4.78 is 1.91. The fraction of sp³-hybridized carbons (Fsp3) is 0.588. The standard InChI is InChI=1S/C17H25N5O/c1-13(2)10-14-11-16(20-19-14)17(23)22-9-4-3-6-15(22)12-21-8-5-7-18-21/h5,7-8,11,13,15H,3-4,6,9-10,12H2,1-2H3,(H,19,20)/t15-/m1/s1. The van der Waals surface area contributed by atoms with Gasteiger partial charge in [-0.3, -0.25) is 14.6 Å². The summed E-state index contributed by atoms with van der Waals surface area (Å²) in [6.07, 6.45) is 7.89. The molecule has 0 unspecified atom stereocenters. The van der Waals surface area contributed by atoms with Crippen LogP contribution >= 0.6 is 0 Å². The van der Waals surface area contributed by atoms with E-state index < -0.39 is 0 Å². The number of carbonyl (C=O) groups is 1. The van der Waals surface area contributed by atoms with Crippen LogP contribution in [0.15, 0.2) is 24.5 Å². The van der Waals surface area contributed by atoms with Gasteiger partial charge in [-0.1, -0.05) is 13.8 Å². The zero-order chi connectivity index (χ0) is 16.2. The van der Waals surface area contributed by atoms with Crippen molar-refractivity contribution in [2.45, 2.75) is 52.1 Å². The van der Waals surface area contributed by atoms with Gasteiger partial charge >= 0.3 is 0 Å². The largest absolute Gasteiger partial charge is 0.332 e. The van der Waals surface area contributed by atoms with Crippen LogP contribution in [0.1, 0.15) is 49.3 Å².